The second-order valence-electron chi connectivity index (χ2n) is 4.85. The predicted octanol–water partition coefficient (Wildman–Crippen LogP) is -0.227. The Balaban J connectivity index is 2.60. The molecule has 0 spiro atoms. The van der Waals surface area contributed by atoms with Gasteiger partial charge in [-0.3, -0.25) is 19.3 Å². The number of rotatable bonds is 1. The van der Waals surface area contributed by atoms with Gasteiger partial charge in [0.05, 0.1) is 0 Å². The Labute approximate surface area is 121 Å². The van der Waals surface area contributed by atoms with E-state index >= 15 is 0 Å². The summed E-state index contributed by atoms with van der Waals surface area (Å²) in [5.41, 5.74) is 0. The van der Waals surface area contributed by atoms with Gasteiger partial charge >= 0.3 is 12.1 Å². The van der Waals surface area contributed by atoms with Gasteiger partial charge in [-0.05, 0) is 6.92 Å². The third-order valence-electron chi connectivity index (χ3n) is 3.60. The topological polar surface area (TPSA) is 98.3 Å². The van der Waals surface area contributed by atoms with E-state index < -0.39 is 42.1 Å². The summed E-state index contributed by atoms with van der Waals surface area (Å²) < 4.78 is 0. The summed E-state index contributed by atoms with van der Waals surface area (Å²) in [7, 11) is 0. The van der Waals surface area contributed by atoms with Crippen LogP contribution >= 0.6 is 0 Å². The standard InChI is InChI=1S/C12H16N4O5/c1-5-13-9-10(15(7(3)18)11(13)20)16(8(4)19)12(21)14(9)6(2)17/h9-10H,5H2,1-4H3/t9-,10+/m1/s1. The smallest absolute Gasteiger partial charge is 0.299 e. The number of amides is 7. The first kappa shape index (κ1) is 14.9. The monoisotopic (exact) mass is 296 g/mol. The Kier molecular flexibility index (Phi) is 3.44. The molecule has 2 aliphatic heterocycles. The summed E-state index contributed by atoms with van der Waals surface area (Å²) in [6, 6.07) is -1.44. The zero-order valence-corrected chi connectivity index (χ0v) is 12.2. The maximum Gasteiger partial charge on any atom is 0.337 e. The first-order valence-corrected chi connectivity index (χ1v) is 6.48. The normalized spacial score (nSPS) is 24.8. The van der Waals surface area contributed by atoms with Crippen LogP contribution in [0.3, 0.4) is 0 Å². The molecule has 114 valence electrons. The van der Waals surface area contributed by atoms with Crippen LogP contribution in [0.2, 0.25) is 0 Å². The van der Waals surface area contributed by atoms with Crippen LogP contribution in [-0.4, -0.2) is 68.3 Å². The van der Waals surface area contributed by atoms with Crippen LogP contribution in [0.1, 0.15) is 27.7 Å². The molecule has 9 nitrogen and oxygen atoms in total. The Morgan fingerprint density at radius 1 is 0.810 bits per heavy atom. The van der Waals surface area contributed by atoms with Crippen molar-refractivity contribution in [2.24, 2.45) is 0 Å². The summed E-state index contributed by atoms with van der Waals surface area (Å²) in [4.78, 5) is 63.5. The maximum atomic E-state index is 12.3. The van der Waals surface area contributed by atoms with Gasteiger partial charge in [0, 0.05) is 27.3 Å². The van der Waals surface area contributed by atoms with E-state index in [0.29, 0.717) is 0 Å². The van der Waals surface area contributed by atoms with E-state index in [9.17, 15) is 24.0 Å². The lowest BCUT2D eigenvalue weighted by molar-refractivity contribution is -0.135. The van der Waals surface area contributed by atoms with Gasteiger partial charge in [0.1, 0.15) is 0 Å². The molecule has 0 radical (unpaired) electrons. The second-order valence-corrected chi connectivity index (χ2v) is 4.85. The lowest BCUT2D eigenvalue weighted by Crippen LogP contribution is -2.50. The SMILES string of the molecule is CCN1C(=O)N(C(C)=O)[C@@H]2[C@H]1N(C(C)=O)C(=O)N2C(C)=O. The minimum absolute atomic E-state index is 0.201. The van der Waals surface area contributed by atoms with E-state index in [1.54, 1.807) is 6.92 Å². The van der Waals surface area contributed by atoms with Crippen molar-refractivity contribution in [3.05, 3.63) is 0 Å². The molecule has 7 amide bonds. The van der Waals surface area contributed by atoms with Crippen LogP contribution in [0.5, 0.6) is 0 Å². The van der Waals surface area contributed by atoms with Crippen LogP contribution in [0, 0.1) is 0 Å². The fraction of sp³-hybridized carbons (Fsp3) is 0.583. The highest BCUT2D eigenvalue weighted by atomic mass is 16.2. The molecule has 21 heavy (non-hydrogen) atoms. The van der Waals surface area contributed by atoms with Crippen molar-refractivity contribution in [1.82, 2.24) is 19.6 Å². The third-order valence-corrected chi connectivity index (χ3v) is 3.60. The number of fused-ring (bicyclic) bond motifs is 1. The van der Waals surface area contributed by atoms with Crippen molar-refractivity contribution in [3.63, 3.8) is 0 Å². The summed E-state index contributed by atoms with van der Waals surface area (Å²) in [6.45, 7) is 5.36. The number of hydrogen-bond acceptors (Lipinski definition) is 5. The van der Waals surface area contributed by atoms with Crippen molar-refractivity contribution in [2.45, 2.75) is 40.0 Å². The highest BCUT2D eigenvalue weighted by Gasteiger charge is 2.62. The van der Waals surface area contributed by atoms with E-state index in [1.807, 2.05) is 0 Å². The fourth-order valence-corrected chi connectivity index (χ4v) is 2.81. The largest absolute Gasteiger partial charge is 0.337 e. The molecule has 0 aliphatic carbocycles. The molecule has 0 unspecified atom stereocenters. The summed E-state index contributed by atoms with van der Waals surface area (Å²) in [5.74, 6) is -1.80. The average Bonchev–Trinajstić information content (AvgIpc) is 2.77. The van der Waals surface area contributed by atoms with E-state index in [1.165, 1.54) is 18.7 Å². The second kappa shape index (κ2) is 4.83. The van der Waals surface area contributed by atoms with Gasteiger partial charge in [0.15, 0.2) is 12.3 Å². The van der Waals surface area contributed by atoms with E-state index in [4.69, 9.17) is 0 Å². The van der Waals surface area contributed by atoms with Crippen molar-refractivity contribution >= 4 is 29.8 Å². The molecule has 0 aromatic heterocycles. The average molecular weight is 296 g/mol. The molecule has 0 aromatic carbocycles. The van der Waals surface area contributed by atoms with Crippen molar-refractivity contribution < 1.29 is 24.0 Å². The predicted molar refractivity (Wildman–Crippen MR) is 68.3 cm³/mol. The van der Waals surface area contributed by atoms with Gasteiger partial charge in [0.25, 0.3) is 0 Å². The first-order valence-electron chi connectivity index (χ1n) is 6.48. The van der Waals surface area contributed by atoms with Crippen LogP contribution in [0.25, 0.3) is 0 Å². The molecule has 0 bridgehead atoms. The number of carbonyl (C=O) groups is 5. The molecule has 0 saturated carbocycles. The molecule has 2 rings (SSSR count). The van der Waals surface area contributed by atoms with Gasteiger partial charge in [-0.2, -0.15) is 0 Å². The quantitative estimate of drug-likeness (QED) is 0.666. The van der Waals surface area contributed by atoms with Crippen molar-refractivity contribution in [2.75, 3.05) is 6.54 Å². The Bertz CT molecular complexity index is 548. The molecule has 0 aromatic rings. The van der Waals surface area contributed by atoms with E-state index in [2.05, 4.69) is 0 Å². The van der Waals surface area contributed by atoms with Crippen molar-refractivity contribution in [1.29, 1.82) is 0 Å². The first-order chi connectivity index (χ1) is 9.73. The molecule has 0 N–H and O–H groups in total. The molecule has 2 aliphatic rings. The minimum atomic E-state index is -1.11. The third kappa shape index (κ3) is 1.88. The Morgan fingerprint density at radius 2 is 1.19 bits per heavy atom. The highest BCUT2D eigenvalue weighted by molar-refractivity contribution is 6.07. The molecule has 2 fully saturated rings. The van der Waals surface area contributed by atoms with Crippen molar-refractivity contribution in [3.8, 4) is 0 Å². The van der Waals surface area contributed by atoms with Gasteiger partial charge in [-0.15, -0.1) is 0 Å². The maximum absolute atomic E-state index is 12.3. The summed E-state index contributed by atoms with van der Waals surface area (Å²) >= 11 is 0. The Hall–Kier alpha value is -2.45. The molecular weight excluding hydrogens is 280 g/mol. The van der Waals surface area contributed by atoms with Gasteiger partial charge in [-0.25, -0.2) is 24.3 Å². The lowest BCUT2D eigenvalue weighted by Gasteiger charge is -2.25. The molecular formula is C12H16N4O5. The Morgan fingerprint density at radius 3 is 1.57 bits per heavy atom. The number of imide groups is 3. The number of carbonyl (C=O) groups excluding carboxylic acids is 5. The fourth-order valence-electron chi connectivity index (χ4n) is 2.81. The van der Waals surface area contributed by atoms with Gasteiger partial charge < -0.3 is 0 Å². The lowest BCUT2D eigenvalue weighted by atomic mass is 10.3. The van der Waals surface area contributed by atoms with Crippen LogP contribution < -0.4 is 0 Å². The molecule has 2 saturated heterocycles. The molecule has 9 heteroatoms. The van der Waals surface area contributed by atoms with Crippen LogP contribution in [0.4, 0.5) is 9.59 Å². The number of hydrogen-bond donors (Lipinski definition) is 0. The molecule has 2 atom stereocenters. The number of likely N-dealkylation sites (N-methyl/N-ethyl adjacent to an activating group) is 1. The van der Waals surface area contributed by atoms with E-state index in [0.717, 1.165) is 21.6 Å². The minimum Gasteiger partial charge on any atom is -0.299 e. The summed E-state index contributed by atoms with van der Waals surface area (Å²) in [5, 5.41) is 0. The zero-order chi connectivity index (χ0) is 16.1. The highest BCUT2D eigenvalue weighted by Crippen LogP contribution is 2.35. The van der Waals surface area contributed by atoms with E-state index in [-0.39, 0.29) is 6.54 Å². The number of urea groups is 2. The number of nitrogens with zero attached hydrogens (tertiary/aromatic N) is 4. The zero-order valence-electron chi connectivity index (χ0n) is 12.2. The van der Waals surface area contributed by atoms with Crippen LogP contribution in [-0.2, 0) is 14.4 Å². The summed E-state index contributed by atoms with van der Waals surface area (Å²) in [6.07, 6.45) is -2.08. The van der Waals surface area contributed by atoms with Crippen LogP contribution in [0.15, 0.2) is 0 Å². The van der Waals surface area contributed by atoms with Gasteiger partial charge in [0.2, 0.25) is 17.7 Å². The molecule has 2 heterocycles. The van der Waals surface area contributed by atoms with Gasteiger partial charge in [-0.1, -0.05) is 0 Å².